The van der Waals surface area contributed by atoms with E-state index in [2.05, 4.69) is 9.88 Å². The van der Waals surface area contributed by atoms with E-state index in [1.807, 2.05) is 10.3 Å². The van der Waals surface area contributed by atoms with Gasteiger partial charge in [-0.1, -0.05) is 0 Å². The molecule has 1 aromatic heterocycles. The van der Waals surface area contributed by atoms with E-state index in [1.54, 1.807) is 17.5 Å². The summed E-state index contributed by atoms with van der Waals surface area (Å²) in [4.78, 5) is 20.8. The summed E-state index contributed by atoms with van der Waals surface area (Å²) < 4.78 is 0. The molecule has 21 heavy (non-hydrogen) atoms. The molecule has 1 amide bonds. The van der Waals surface area contributed by atoms with Gasteiger partial charge in [-0.15, -0.1) is 11.3 Å². The second-order valence-corrected chi connectivity index (χ2v) is 6.89. The third-order valence-electron chi connectivity index (χ3n) is 4.62. The maximum atomic E-state index is 12.2. The number of nitrogens with zero attached hydrogens (tertiary/aromatic N) is 3. The first-order chi connectivity index (χ1) is 10.2. The lowest BCUT2D eigenvalue weighted by Crippen LogP contribution is -2.53. The number of carbonyl (C=O) groups excluding carboxylic acids is 1. The van der Waals surface area contributed by atoms with Crippen LogP contribution in [0.25, 0.3) is 0 Å². The number of piperazine rings is 1. The Labute approximate surface area is 129 Å². The fourth-order valence-corrected chi connectivity index (χ4v) is 4.02. The lowest BCUT2D eigenvalue weighted by molar-refractivity contribution is -0.133. The second-order valence-electron chi connectivity index (χ2n) is 5.91. The topological polar surface area (TPSA) is 56.7 Å². The van der Waals surface area contributed by atoms with Crippen molar-refractivity contribution in [2.24, 2.45) is 0 Å². The van der Waals surface area contributed by atoms with Gasteiger partial charge in [0.2, 0.25) is 5.91 Å². The Bertz CT molecular complexity index is 457. The van der Waals surface area contributed by atoms with Crippen LogP contribution in [-0.4, -0.2) is 64.1 Å². The molecule has 1 saturated heterocycles. The molecule has 0 radical (unpaired) electrons. The van der Waals surface area contributed by atoms with Gasteiger partial charge in [-0.3, -0.25) is 9.69 Å². The molecule has 0 unspecified atom stereocenters. The van der Waals surface area contributed by atoms with Crippen LogP contribution in [0.1, 0.15) is 30.7 Å². The van der Waals surface area contributed by atoms with Gasteiger partial charge in [0, 0.05) is 56.6 Å². The van der Waals surface area contributed by atoms with Crippen molar-refractivity contribution in [3.05, 3.63) is 16.6 Å². The highest BCUT2D eigenvalue weighted by molar-refractivity contribution is 7.09. The van der Waals surface area contributed by atoms with Crippen molar-refractivity contribution in [2.45, 2.75) is 44.2 Å². The first kappa shape index (κ1) is 14.9. The number of aliphatic hydroxyl groups is 1. The third-order valence-corrected chi connectivity index (χ3v) is 5.46. The molecule has 2 fully saturated rings. The number of amides is 1. The highest BCUT2D eigenvalue weighted by Gasteiger charge is 2.33. The predicted octanol–water partition coefficient (Wildman–Crippen LogP) is 1.13. The highest BCUT2D eigenvalue weighted by Crippen LogP contribution is 2.25. The molecule has 1 aliphatic carbocycles. The fourth-order valence-electron chi connectivity index (χ4n) is 3.40. The molecule has 6 heteroatoms. The van der Waals surface area contributed by atoms with Gasteiger partial charge < -0.3 is 10.0 Å². The molecule has 1 saturated carbocycles. The predicted molar refractivity (Wildman–Crippen MR) is 82.2 cm³/mol. The van der Waals surface area contributed by atoms with E-state index >= 15 is 0 Å². The van der Waals surface area contributed by atoms with Crippen LogP contribution in [0.3, 0.4) is 0 Å². The SMILES string of the molecule is O=C(CCc1nccs1)N1CCN([C@H]2CCC[C@H]2O)CC1. The number of hydrogen-bond acceptors (Lipinski definition) is 5. The van der Waals surface area contributed by atoms with Crippen LogP contribution >= 0.6 is 11.3 Å². The van der Waals surface area contributed by atoms with Crippen LogP contribution < -0.4 is 0 Å². The van der Waals surface area contributed by atoms with Crippen molar-refractivity contribution in [1.82, 2.24) is 14.8 Å². The van der Waals surface area contributed by atoms with E-state index in [0.29, 0.717) is 12.5 Å². The molecule has 0 bridgehead atoms. The summed E-state index contributed by atoms with van der Waals surface area (Å²) in [5.41, 5.74) is 0. The van der Waals surface area contributed by atoms with Gasteiger partial charge >= 0.3 is 0 Å². The quantitative estimate of drug-likeness (QED) is 0.906. The Morgan fingerprint density at radius 2 is 2.14 bits per heavy atom. The summed E-state index contributed by atoms with van der Waals surface area (Å²) in [7, 11) is 0. The number of aliphatic hydroxyl groups excluding tert-OH is 1. The highest BCUT2D eigenvalue weighted by atomic mass is 32.1. The van der Waals surface area contributed by atoms with Crippen molar-refractivity contribution in [1.29, 1.82) is 0 Å². The molecule has 2 aliphatic rings. The molecule has 0 aromatic carbocycles. The molecule has 3 rings (SSSR count). The Hall–Kier alpha value is -0.980. The van der Waals surface area contributed by atoms with Crippen LogP contribution in [-0.2, 0) is 11.2 Å². The number of carbonyl (C=O) groups is 1. The molecule has 5 nitrogen and oxygen atoms in total. The molecule has 2 atom stereocenters. The summed E-state index contributed by atoms with van der Waals surface area (Å²) in [5, 5.41) is 13.0. The zero-order valence-electron chi connectivity index (χ0n) is 12.3. The number of rotatable bonds is 4. The van der Waals surface area contributed by atoms with E-state index in [4.69, 9.17) is 0 Å². The van der Waals surface area contributed by atoms with Crippen molar-refractivity contribution in [3.8, 4) is 0 Å². The average molecular weight is 309 g/mol. The smallest absolute Gasteiger partial charge is 0.223 e. The molecule has 1 aliphatic heterocycles. The van der Waals surface area contributed by atoms with E-state index in [0.717, 1.165) is 56.9 Å². The summed E-state index contributed by atoms with van der Waals surface area (Å²) in [6.45, 7) is 3.37. The number of hydrogen-bond donors (Lipinski definition) is 1. The van der Waals surface area contributed by atoms with E-state index in [1.165, 1.54) is 0 Å². The zero-order chi connectivity index (χ0) is 14.7. The molecule has 2 heterocycles. The third kappa shape index (κ3) is 3.62. The standard InChI is InChI=1S/C15H23N3O2S/c19-13-3-1-2-12(13)17-7-9-18(10-8-17)15(20)5-4-14-16-6-11-21-14/h6,11-13,19H,1-5,7-10H2/t12-,13+/m0/s1. The average Bonchev–Trinajstić information content (AvgIpc) is 3.16. The van der Waals surface area contributed by atoms with Crippen molar-refractivity contribution in [2.75, 3.05) is 26.2 Å². The Morgan fingerprint density at radius 3 is 2.76 bits per heavy atom. The van der Waals surface area contributed by atoms with Gasteiger partial charge in [0.15, 0.2) is 0 Å². The summed E-state index contributed by atoms with van der Waals surface area (Å²) in [6.07, 6.45) is 6.07. The molecule has 116 valence electrons. The monoisotopic (exact) mass is 309 g/mol. The van der Waals surface area contributed by atoms with Crippen LogP contribution in [0.4, 0.5) is 0 Å². The Balaban J connectivity index is 1.43. The molecular weight excluding hydrogens is 286 g/mol. The first-order valence-electron chi connectivity index (χ1n) is 7.82. The molecular formula is C15H23N3O2S. The van der Waals surface area contributed by atoms with Crippen molar-refractivity contribution < 1.29 is 9.90 Å². The van der Waals surface area contributed by atoms with Gasteiger partial charge in [-0.2, -0.15) is 0 Å². The lowest BCUT2D eigenvalue weighted by Gasteiger charge is -2.39. The van der Waals surface area contributed by atoms with E-state index < -0.39 is 0 Å². The lowest BCUT2D eigenvalue weighted by atomic mass is 10.1. The largest absolute Gasteiger partial charge is 0.391 e. The van der Waals surface area contributed by atoms with Crippen LogP contribution in [0.5, 0.6) is 0 Å². The van der Waals surface area contributed by atoms with Crippen molar-refractivity contribution >= 4 is 17.2 Å². The molecule has 1 N–H and O–H groups in total. The maximum absolute atomic E-state index is 12.2. The van der Waals surface area contributed by atoms with Gasteiger partial charge in [-0.05, 0) is 19.3 Å². The minimum Gasteiger partial charge on any atom is -0.391 e. The summed E-state index contributed by atoms with van der Waals surface area (Å²) in [6, 6.07) is 0.317. The zero-order valence-corrected chi connectivity index (χ0v) is 13.1. The summed E-state index contributed by atoms with van der Waals surface area (Å²) in [5.74, 6) is 0.233. The van der Waals surface area contributed by atoms with Gasteiger partial charge in [-0.25, -0.2) is 4.98 Å². The minimum atomic E-state index is -0.169. The first-order valence-corrected chi connectivity index (χ1v) is 8.70. The number of aromatic nitrogens is 1. The molecule has 0 spiro atoms. The number of aryl methyl sites for hydroxylation is 1. The number of thiazole rings is 1. The van der Waals surface area contributed by atoms with E-state index in [-0.39, 0.29) is 12.0 Å². The maximum Gasteiger partial charge on any atom is 0.223 e. The van der Waals surface area contributed by atoms with Gasteiger partial charge in [0.05, 0.1) is 11.1 Å². The Kier molecular flexibility index (Phi) is 4.87. The summed E-state index contributed by atoms with van der Waals surface area (Å²) >= 11 is 1.61. The second kappa shape index (κ2) is 6.85. The van der Waals surface area contributed by atoms with Crippen LogP contribution in [0, 0.1) is 0 Å². The van der Waals surface area contributed by atoms with Crippen LogP contribution in [0.15, 0.2) is 11.6 Å². The normalized spacial score (nSPS) is 27.2. The Morgan fingerprint density at radius 1 is 1.33 bits per heavy atom. The van der Waals surface area contributed by atoms with Crippen molar-refractivity contribution in [3.63, 3.8) is 0 Å². The van der Waals surface area contributed by atoms with E-state index in [9.17, 15) is 9.90 Å². The molecule has 1 aromatic rings. The van der Waals surface area contributed by atoms with Gasteiger partial charge in [0.25, 0.3) is 0 Å². The fraction of sp³-hybridized carbons (Fsp3) is 0.733. The van der Waals surface area contributed by atoms with Gasteiger partial charge in [0.1, 0.15) is 0 Å². The van der Waals surface area contributed by atoms with Crippen LogP contribution in [0.2, 0.25) is 0 Å². The minimum absolute atomic E-state index is 0.169.